The second-order valence-corrected chi connectivity index (χ2v) is 4.91. The molecule has 0 amide bonds. The lowest BCUT2D eigenvalue weighted by atomic mass is 10.1. The van der Waals surface area contributed by atoms with Crippen LogP contribution in [-0.2, 0) is 22.3 Å². The summed E-state index contributed by atoms with van der Waals surface area (Å²) < 4.78 is 16.3. The molecule has 2 rings (SSSR count). The lowest BCUT2D eigenvalue weighted by Gasteiger charge is -2.05. The van der Waals surface area contributed by atoms with Crippen LogP contribution in [0.25, 0.3) is 0 Å². The summed E-state index contributed by atoms with van der Waals surface area (Å²) in [6, 6.07) is 0. The SMILES string of the molecule is COCCNCCCc1ncc(CC2CCCO2)o1. The number of methoxy groups -OCH3 is 1. The van der Waals surface area contributed by atoms with Gasteiger partial charge in [-0.3, -0.25) is 0 Å². The first-order valence-corrected chi connectivity index (χ1v) is 7.13. The molecule has 108 valence electrons. The third kappa shape index (κ3) is 5.30. The normalized spacial score (nSPS) is 19.1. The van der Waals surface area contributed by atoms with Gasteiger partial charge in [0.25, 0.3) is 0 Å². The predicted octanol–water partition coefficient (Wildman–Crippen LogP) is 1.56. The summed E-state index contributed by atoms with van der Waals surface area (Å²) in [5, 5.41) is 3.31. The zero-order valence-electron chi connectivity index (χ0n) is 11.7. The Morgan fingerprint density at radius 3 is 3.21 bits per heavy atom. The minimum Gasteiger partial charge on any atom is -0.446 e. The largest absolute Gasteiger partial charge is 0.446 e. The van der Waals surface area contributed by atoms with Crippen LogP contribution in [0.15, 0.2) is 10.6 Å². The molecule has 1 aliphatic heterocycles. The molecule has 1 N–H and O–H groups in total. The molecule has 0 spiro atoms. The van der Waals surface area contributed by atoms with Crippen molar-refractivity contribution in [2.75, 3.05) is 33.4 Å². The lowest BCUT2D eigenvalue weighted by Crippen LogP contribution is -2.20. The summed E-state index contributed by atoms with van der Waals surface area (Å²) in [6.07, 6.45) is 7.25. The van der Waals surface area contributed by atoms with Gasteiger partial charge in [0.15, 0.2) is 5.89 Å². The second-order valence-electron chi connectivity index (χ2n) is 4.91. The molecule has 0 saturated carbocycles. The summed E-state index contributed by atoms with van der Waals surface area (Å²) in [5.41, 5.74) is 0. The molecule has 1 aliphatic rings. The molecule has 5 nitrogen and oxygen atoms in total. The van der Waals surface area contributed by atoms with Crippen molar-refractivity contribution in [2.24, 2.45) is 0 Å². The lowest BCUT2D eigenvalue weighted by molar-refractivity contribution is 0.106. The van der Waals surface area contributed by atoms with Crippen molar-refractivity contribution in [3.05, 3.63) is 17.8 Å². The Bertz CT molecular complexity index is 348. The summed E-state index contributed by atoms with van der Waals surface area (Å²) in [4.78, 5) is 4.32. The van der Waals surface area contributed by atoms with Crippen molar-refractivity contribution < 1.29 is 13.9 Å². The van der Waals surface area contributed by atoms with Crippen molar-refractivity contribution in [2.45, 2.75) is 38.2 Å². The Kier molecular flexibility index (Phi) is 6.33. The molecule has 1 fully saturated rings. The van der Waals surface area contributed by atoms with E-state index >= 15 is 0 Å². The van der Waals surface area contributed by atoms with Gasteiger partial charge in [-0.2, -0.15) is 0 Å². The van der Waals surface area contributed by atoms with Crippen molar-refractivity contribution >= 4 is 0 Å². The minimum atomic E-state index is 0.330. The van der Waals surface area contributed by atoms with Gasteiger partial charge in [0, 0.05) is 33.1 Å². The monoisotopic (exact) mass is 268 g/mol. The zero-order chi connectivity index (χ0) is 13.3. The summed E-state index contributed by atoms with van der Waals surface area (Å²) in [6.45, 7) is 3.50. The molecule has 1 aromatic heterocycles. The number of hydrogen-bond acceptors (Lipinski definition) is 5. The van der Waals surface area contributed by atoms with Crippen LogP contribution >= 0.6 is 0 Å². The van der Waals surface area contributed by atoms with Gasteiger partial charge in [-0.25, -0.2) is 4.98 Å². The number of nitrogens with one attached hydrogen (secondary N) is 1. The predicted molar refractivity (Wildman–Crippen MR) is 72.2 cm³/mol. The standard InChI is InChI=1S/C14H24N2O3/c1-17-9-7-15-6-2-5-14-16-11-13(19-14)10-12-4-3-8-18-12/h11-12,15H,2-10H2,1H3. The third-order valence-corrected chi connectivity index (χ3v) is 3.28. The first-order chi connectivity index (χ1) is 9.38. The number of aryl methyl sites for hydroxylation is 1. The molecular formula is C14H24N2O3. The van der Waals surface area contributed by atoms with E-state index in [1.807, 2.05) is 6.20 Å². The quantitative estimate of drug-likeness (QED) is 0.689. The minimum absolute atomic E-state index is 0.330. The number of ether oxygens (including phenoxy) is 2. The van der Waals surface area contributed by atoms with Crippen molar-refractivity contribution in [3.63, 3.8) is 0 Å². The van der Waals surface area contributed by atoms with E-state index in [-0.39, 0.29) is 0 Å². The number of oxazole rings is 1. The fourth-order valence-electron chi connectivity index (χ4n) is 2.25. The van der Waals surface area contributed by atoms with Gasteiger partial charge >= 0.3 is 0 Å². The maximum absolute atomic E-state index is 5.73. The Balaban J connectivity index is 1.60. The maximum Gasteiger partial charge on any atom is 0.194 e. The van der Waals surface area contributed by atoms with E-state index in [1.54, 1.807) is 7.11 Å². The highest BCUT2D eigenvalue weighted by Gasteiger charge is 2.18. The summed E-state index contributed by atoms with van der Waals surface area (Å²) >= 11 is 0. The Morgan fingerprint density at radius 1 is 1.47 bits per heavy atom. The highest BCUT2D eigenvalue weighted by Crippen LogP contribution is 2.17. The highest BCUT2D eigenvalue weighted by molar-refractivity contribution is 4.97. The van der Waals surface area contributed by atoms with Gasteiger partial charge in [-0.15, -0.1) is 0 Å². The van der Waals surface area contributed by atoms with E-state index in [0.717, 1.165) is 63.6 Å². The first-order valence-electron chi connectivity index (χ1n) is 7.13. The number of aromatic nitrogens is 1. The van der Waals surface area contributed by atoms with E-state index < -0.39 is 0 Å². The van der Waals surface area contributed by atoms with Crippen LogP contribution in [-0.4, -0.2) is 44.5 Å². The van der Waals surface area contributed by atoms with Gasteiger partial charge < -0.3 is 19.2 Å². The van der Waals surface area contributed by atoms with E-state index in [1.165, 1.54) is 6.42 Å². The van der Waals surface area contributed by atoms with Crippen molar-refractivity contribution in [3.8, 4) is 0 Å². The number of nitrogens with zero attached hydrogens (tertiary/aromatic N) is 1. The molecule has 1 unspecified atom stereocenters. The third-order valence-electron chi connectivity index (χ3n) is 3.28. The van der Waals surface area contributed by atoms with Crippen LogP contribution in [0, 0.1) is 0 Å². The fourth-order valence-corrected chi connectivity index (χ4v) is 2.25. The van der Waals surface area contributed by atoms with Crippen LogP contribution in [0.3, 0.4) is 0 Å². The maximum atomic E-state index is 5.73. The Hall–Kier alpha value is -0.910. The molecule has 0 aliphatic carbocycles. The van der Waals surface area contributed by atoms with Crippen LogP contribution < -0.4 is 5.32 Å². The Labute approximate surface area is 114 Å². The second kappa shape index (κ2) is 8.30. The highest BCUT2D eigenvalue weighted by atomic mass is 16.5. The smallest absolute Gasteiger partial charge is 0.194 e. The van der Waals surface area contributed by atoms with E-state index in [4.69, 9.17) is 13.9 Å². The molecule has 5 heteroatoms. The van der Waals surface area contributed by atoms with Gasteiger partial charge in [0.2, 0.25) is 0 Å². The van der Waals surface area contributed by atoms with Gasteiger partial charge in [0.1, 0.15) is 5.76 Å². The molecule has 1 saturated heterocycles. The molecule has 0 aromatic carbocycles. The molecule has 1 aromatic rings. The molecule has 0 bridgehead atoms. The summed E-state index contributed by atoms with van der Waals surface area (Å²) in [7, 11) is 1.71. The van der Waals surface area contributed by atoms with Gasteiger partial charge in [-0.05, 0) is 25.8 Å². The van der Waals surface area contributed by atoms with Crippen molar-refractivity contribution in [1.82, 2.24) is 10.3 Å². The van der Waals surface area contributed by atoms with Crippen LogP contribution in [0.4, 0.5) is 0 Å². The molecule has 2 heterocycles. The van der Waals surface area contributed by atoms with Crippen LogP contribution in [0.5, 0.6) is 0 Å². The topological polar surface area (TPSA) is 56.5 Å². The number of rotatable bonds is 9. The fraction of sp³-hybridized carbons (Fsp3) is 0.786. The zero-order valence-corrected chi connectivity index (χ0v) is 11.7. The molecule has 0 radical (unpaired) electrons. The van der Waals surface area contributed by atoms with Crippen molar-refractivity contribution in [1.29, 1.82) is 0 Å². The van der Waals surface area contributed by atoms with Gasteiger partial charge in [0.05, 0.1) is 18.9 Å². The average molecular weight is 268 g/mol. The van der Waals surface area contributed by atoms with E-state index in [0.29, 0.717) is 6.10 Å². The van der Waals surface area contributed by atoms with Crippen LogP contribution in [0.1, 0.15) is 30.9 Å². The van der Waals surface area contributed by atoms with Gasteiger partial charge in [-0.1, -0.05) is 0 Å². The van der Waals surface area contributed by atoms with E-state index in [9.17, 15) is 0 Å². The molecule has 19 heavy (non-hydrogen) atoms. The molecule has 1 atom stereocenters. The average Bonchev–Trinajstić information content (AvgIpc) is 3.06. The van der Waals surface area contributed by atoms with E-state index in [2.05, 4.69) is 10.3 Å². The first kappa shape index (κ1) is 14.5. The molecular weight excluding hydrogens is 244 g/mol. The van der Waals surface area contributed by atoms with Crippen LogP contribution in [0.2, 0.25) is 0 Å². The number of hydrogen-bond donors (Lipinski definition) is 1. The Morgan fingerprint density at radius 2 is 2.42 bits per heavy atom. The summed E-state index contributed by atoms with van der Waals surface area (Å²) in [5.74, 6) is 1.79.